The van der Waals surface area contributed by atoms with Crippen molar-refractivity contribution in [1.82, 2.24) is 0 Å². The number of thioether (sulfide) groups is 1. The third-order valence-electron chi connectivity index (χ3n) is 2.88. The molecule has 0 aliphatic heterocycles. The number of amides is 1. The average Bonchev–Trinajstić information content (AvgIpc) is 2.48. The number of aliphatic hydroxyl groups is 1. The zero-order valence-electron chi connectivity index (χ0n) is 11.5. The Bertz CT molecular complexity index is 614. The van der Waals surface area contributed by atoms with Crippen LogP contribution in [0.3, 0.4) is 0 Å². The first-order valence-electron chi connectivity index (χ1n) is 6.51. The first kappa shape index (κ1) is 15.9. The zero-order chi connectivity index (χ0) is 15.2. The summed E-state index contributed by atoms with van der Waals surface area (Å²) in [5, 5.41) is 12.7. The van der Waals surface area contributed by atoms with Gasteiger partial charge in [0.25, 0.3) is 0 Å². The monoisotopic (exact) mass is 321 g/mol. The minimum atomic E-state index is -0.479. The van der Waals surface area contributed by atoms with Crippen LogP contribution in [0.25, 0.3) is 0 Å². The van der Waals surface area contributed by atoms with Crippen LogP contribution in [0.5, 0.6) is 0 Å². The lowest BCUT2D eigenvalue weighted by atomic mass is 10.1. The Morgan fingerprint density at radius 2 is 1.90 bits per heavy atom. The summed E-state index contributed by atoms with van der Waals surface area (Å²) in [7, 11) is 0. The van der Waals surface area contributed by atoms with E-state index in [9.17, 15) is 9.90 Å². The quantitative estimate of drug-likeness (QED) is 0.814. The van der Waals surface area contributed by atoms with Crippen molar-refractivity contribution in [2.75, 3.05) is 11.1 Å². The van der Waals surface area contributed by atoms with Gasteiger partial charge in [-0.3, -0.25) is 4.79 Å². The summed E-state index contributed by atoms with van der Waals surface area (Å²) < 4.78 is 0. The van der Waals surface area contributed by atoms with Crippen LogP contribution < -0.4 is 5.32 Å². The lowest BCUT2D eigenvalue weighted by molar-refractivity contribution is -0.113. The van der Waals surface area contributed by atoms with Gasteiger partial charge in [-0.25, -0.2) is 0 Å². The molecular weight excluding hydrogens is 306 g/mol. The number of carbonyl (C=O) groups is 1. The maximum absolute atomic E-state index is 11.9. The molecule has 2 N–H and O–H groups in total. The second-order valence-corrected chi connectivity index (χ2v) is 6.02. The maximum atomic E-state index is 11.9. The van der Waals surface area contributed by atoms with Crippen molar-refractivity contribution in [1.29, 1.82) is 0 Å². The molecule has 0 spiro atoms. The van der Waals surface area contributed by atoms with Crippen molar-refractivity contribution in [2.45, 2.75) is 17.9 Å². The minimum absolute atomic E-state index is 0.104. The fraction of sp³-hybridized carbons (Fsp3) is 0.188. The molecule has 21 heavy (non-hydrogen) atoms. The van der Waals surface area contributed by atoms with Gasteiger partial charge in [0.1, 0.15) is 0 Å². The number of hydrogen-bond acceptors (Lipinski definition) is 3. The number of benzene rings is 2. The molecule has 1 unspecified atom stereocenters. The van der Waals surface area contributed by atoms with Crippen LogP contribution in [0.15, 0.2) is 53.4 Å². The summed E-state index contributed by atoms with van der Waals surface area (Å²) in [5.41, 5.74) is 1.48. The van der Waals surface area contributed by atoms with E-state index in [0.29, 0.717) is 16.5 Å². The van der Waals surface area contributed by atoms with Crippen LogP contribution in [-0.2, 0) is 4.79 Å². The fourth-order valence-corrected chi connectivity index (χ4v) is 2.62. The van der Waals surface area contributed by atoms with E-state index in [1.54, 1.807) is 19.1 Å². The lowest BCUT2D eigenvalue weighted by Crippen LogP contribution is -2.14. The van der Waals surface area contributed by atoms with Crippen molar-refractivity contribution in [3.63, 3.8) is 0 Å². The summed E-state index contributed by atoms with van der Waals surface area (Å²) in [4.78, 5) is 12.9. The van der Waals surface area contributed by atoms with Crippen molar-refractivity contribution in [3.05, 3.63) is 59.1 Å². The van der Waals surface area contributed by atoms with Crippen LogP contribution in [0.2, 0.25) is 5.02 Å². The first-order valence-corrected chi connectivity index (χ1v) is 7.88. The number of aliphatic hydroxyl groups excluding tert-OH is 1. The Kier molecular flexibility index (Phi) is 5.67. The Morgan fingerprint density at radius 3 is 2.52 bits per heavy atom. The van der Waals surface area contributed by atoms with Gasteiger partial charge < -0.3 is 10.4 Å². The zero-order valence-corrected chi connectivity index (χ0v) is 13.1. The van der Waals surface area contributed by atoms with E-state index in [1.807, 2.05) is 36.4 Å². The van der Waals surface area contributed by atoms with E-state index in [2.05, 4.69) is 5.32 Å². The van der Waals surface area contributed by atoms with E-state index in [1.165, 1.54) is 11.8 Å². The van der Waals surface area contributed by atoms with Crippen molar-refractivity contribution in [3.8, 4) is 0 Å². The standard InChI is InChI=1S/C16H16ClNO2S/c1-11(19)12-6-8-13(9-7-12)21-10-16(20)18-15-5-3-2-4-14(15)17/h2-9,11,19H,10H2,1H3,(H,18,20). The third-order valence-corrected chi connectivity index (χ3v) is 4.22. The number of hydrogen-bond donors (Lipinski definition) is 2. The molecule has 110 valence electrons. The smallest absolute Gasteiger partial charge is 0.234 e. The molecule has 0 bridgehead atoms. The molecule has 0 heterocycles. The summed E-state index contributed by atoms with van der Waals surface area (Å²) in [6.07, 6.45) is -0.479. The topological polar surface area (TPSA) is 49.3 Å². The fourth-order valence-electron chi connectivity index (χ4n) is 1.74. The molecule has 0 fully saturated rings. The highest BCUT2D eigenvalue weighted by atomic mass is 35.5. The third kappa shape index (κ3) is 4.77. The molecular formula is C16H16ClNO2S. The highest BCUT2D eigenvalue weighted by Crippen LogP contribution is 2.23. The van der Waals surface area contributed by atoms with Crippen LogP contribution >= 0.6 is 23.4 Å². The van der Waals surface area contributed by atoms with Gasteiger partial charge in [0.15, 0.2) is 0 Å². The van der Waals surface area contributed by atoms with Crippen LogP contribution in [0.4, 0.5) is 5.69 Å². The molecule has 5 heteroatoms. The van der Waals surface area contributed by atoms with E-state index >= 15 is 0 Å². The molecule has 0 aliphatic rings. The van der Waals surface area contributed by atoms with Gasteiger partial charge in [0, 0.05) is 4.90 Å². The molecule has 3 nitrogen and oxygen atoms in total. The van der Waals surface area contributed by atoms with Crippen LogP contribution in [0.1, 0.15) is 18.6 Å². The summed E-state index contributed by atoms with van der Waals surface area (Å²) >= 11 is 7.42. The van der Waals surface area contributed by atoms with E-state index < -0.39 is 6.10 Å². The van der Waals surface area contributed by atoms with Gasteiger partial charge in [-0.15, -0.1) is 11.8 Å². The van der Waals surface area contributed by atoms with Gasteiger partial charge in [0.2, 0.25) is 5.91 Å². The predicted octanol–water partition coefficient (Wildman–Crippen LogP) is 4.12. The van der Waals surface area contributed by atoms with E-state index in [0.717, 1.165) is 10.5 Å². The number of carbonyl (C=O) groups excluding carboxylic acids is 1. The van der Waals surface area contributed by atoms with Gasteiger partial charge in [-0.05, 0) is 36.8 Å². The normalized spacial score (nSPS) is 12.0. The average molecular weight is 322 g/mol. The van der Waals surface area contributed by atoms with Gasteiger partial charge >= 0.3 is 0 Å². The SMILES string of the molecule is CC(O)c1ccc(SCC(=O)Nc2ccccc2Cl)cc1. The van der Waals surface area contributed by atoms with Crippen molar-refractivity contribution in [2.24, 2.45) is 0 Å². The van der Waals surface area contributed by atoms with Gasteiger partial charge in [-0.1, -0.05) is 35.9 Å². The summed E-state index contributed by atoms with van der Waals surface area (Å²) in [6.45, 7) is 1.72. The summed E-state index contributed by atoms with van der Waals surface area (Å²) in [5.74, 6) is 0.201. The number of rotatable bonds is 5. The van der Waals surface area contributed by atoms with Gasteiger partial charge in [-0.2, -0.15) is 0 Å². The van der Waals surface area contributed by atoms with E-state index in [4.69, 9.17) is 11.6 Å². The molecule has 2 rings (SSSR count). The second-order valence-electron chi connectivity index (χ2n) is 4.56. The Labute approximate surface area is 133 Å². The lowest BCUT2D eigenvalue weighted by Gasteiger charge is -2.08. The Balaban J connectivity index is 1.88. The number of anilines is 1. The molecule has 2 aromatic carbocycles. The minimum Gasteiger partial charge on any atom is -0.389 e. The van der Waals surface area contributed by atoms with Crippen molar-refractivity contribution >= 4 is 35.0 Å². The van der Waals surface area contributed by atoms with Crippen LogP contribution in [0, 0.1) is 0 Å². The second kappa shape index (κ2) is 7.50. The highest BCUT2D eigenvalue weighted by molar-refractivity contribution is 8.00. The number of para-hydroxylation sites is 1. The molecule has 0 radical (unpaired) electrons. The summed E-state index contributed by atoms with van der Waals surface area (Å²) in [6, 6.07) is 14.7. The predicted molar refractivity (Wildman–Crippen MR) is 87.9 cm³/mol. The first-order chi connectivity index (χ1) is 10.1. The largest absolute Gasteiger partial charge is 0.389 e. The molecule has 2 aromatic rings. The Morgan fingerprint density at radius 1 is 1.24 bits per heavy atom. The number of nitrogens with one attached hydrogen (secondary N) is 1. The molecule has 0 aliphatic carbocycles. The molecule has 1 atom stereocenters. The van der Waals surface area contributed by atoms with E-state index in [-0.39, 0.29) is 5.91 Å². The molecule has 0 aromatic heterocycles. The van der Waals surface area contributed by atoms with Crippen molar-refractivity contribution < 1.29 is 9.90 Å². The number of halogens is 1. The maximum Gasteiger partial charge on any atom is 0.234 e. The highest BCUT2D eigenvalue weighted by Gasteiger charge is 2.06. The molecule has 0 saturated heterocycles. The molecule has 0 saturated carbocycles. The van der Waals surface area contributed by atoms with Gasteiger partial charge in [0.05, 0.1) is 22.6 Å². The molecule has 1 amide bonds. The van der Waals surface area contributed by atoms with Crippen LogP contribution in [-0.4, -0.2) is 16.8 Å². The Hall–Kier alpha value is -1.49.